The van der Waals surface area contributed by atoms with Gasteiger partial charge in [0, 0.05) is 19.6 Å². The summed E-state index contributed by atoms with van der Waals surface area (Å²) in [4.78, 5) is 22.3. The smallest absolute Gasteiger partial charge is 0.305 e. The number of fused-ring (bicyclic) bond motifs is 1. The van der Waals surface area contributed by atoms with Crippen LogP contribution in [0.1, 0.15) is 20.3 Å². The van der Waals surface area contributed by atoms with E-state index >= 15 is 0 Å². The van der Waals surface area contributed by atoms with Gasteiger partial charge in [0.15, 0.2) is 11.6 Å². The number of aromatic nitrogens is 2. The highest BCUT2D eigenvalue weighted by atomic mass is 16.5. The molecule has 2 atom stereocenters. The van der Waals surface area contributed by atoms with Crippen LogP contribution in [0.4, 0.5) is 11.6 Å². The lowest BCUT2D eigenvalue weighted by molar-refractivity contribution is -0.136. The lowest BCUT2D eigenvalue weighted by atomic mass is 10.2. The number of rotatable bonds is 5. The summed E-state index contributed by atoms with van der Waals surface area (Å²) in [5.74, 6) is 0.531. The Hall–Kier alpha value is -2.41. The molecule has 0 radical (unpaired) electrons. The van der Waals surface area contributed by atoms with E-state index in [-0.39, 0.29) is 18.6 Å². The van der Waals surface area contributed by atoms with E-state index in [1.54, 1.807) is 0 Å². The second-order valence-corrected chi connectivity index (χ2v) is 6.12. The van der Waals surface area contributed by atoms with Crippen LogP contribution in [0.2, 0.25) is 0 Å². The van der Waals surface area contributed by atoms with Crippen molar-refractivity contribution < 1.29 is 14.6 Å². The summed E-state index contributed by atoms with van der Waals surface area (Å²) in [6, 6.07) is 7.68. The van der Waals surface area contributed by atoms with Crippen LogP contribution in [0.5, 0.6) is 0 Å². The second kappa shape index (κ2) is 7.00. The van der Waals surface area contributed by atoms with E-state index in [0.717, 1.165) is 29.9 Å². The highest BCUT2D eigenvalue weighted by Gasteiger charge is 2.26. The predicted molar refractivity (Wildman–Crippen MR) is 92.5 cm³/mol. The summed E-state index contributed by atoms with van der Waals surface area (Å²) >= 11 is 0. The average molecular weight is 330 g/mol. The molecule has 2 aromatic rings. The number of carboxylic acid groups (broad SMARTS) is 1. The zero-order chi connectivity index (χ0) is 17.1. The Kier molecular flexibility index (Phi) is 4.80. The number of nitrogens with one attached hydrogen (secondary N) is 1. The molecule has 0 aliphatic carbocycles. The summed E-state index contributed by atoms with van der Waals surface area (Å²) in [6.45, 7) is 5.84. The summed E-state index contributed by atoms with van der Waals surface area (Å²) < 4.78 is 5.79. The Balaban J connectivity index is 1.94. The van der Waals surface area contributed by atoms with Gasteiger partial charge >= 0.3 is 5.97 Å². The van der Waals surface area contributed by atoms with Gasteiger partial charge in [0.05, 0.1) is 29.7 Å². The molecule has 7 heteroatoms. The molecular weight excluding hydrogens is 308 g/mol. The molecule has 1 aromatic carbocycles. The molecular formula is C17H22N4O3. The van der Waals surface area contributed by atoms with E-state index in [2.05, 4.69) is 15.2 Å². The SMILES string of the molecule is CC1CN(c2nc3ccccc3nc2NCCC(=O)O)CC(C)O1. The van der Waals surface area contributed by atoms with E-state index in [9.17, 15) is 4.79 Å². The monoisotopic (exact) mass is 330 g/mol. The molecule has 2 heterocycles. The minimum atomic E-state index is -0.841. The van der Waals surface area contributed by atoms with Gasteiger partial charge in [-0.05, 0) is 26.0 Å². The van der Waals surface area contributed by atoms with Crippen molar-refractivity contribution >= 4 is 28.6 Å². The highest BCUT2D eigenvalue weighted by molar-refractivity contribution is 5.80. The van der Waals surface area contributed by atoms with Gasteiger partial charge < -0.3 is 20.1 Å². The molecule has 1 aliphatic rings. The Morgan fingerprint density at radius 1 is 1.25 bits per heavy atom. The Bertz CT molecular complexity index is 727. The number of carboxylic acids is 1. The average Bonchev–Trinajstić information content (AvgIpc) is 2.53. The fourth-order valence-electron chi connectivity index (χ4n) is 2.97. The van der Waals surface area contributed by atoms with Crippen LogP contribution in [0, 0.1) is 0 Å². The zero-order valence-electron chi connectivity index (χ0n) is 13.9. The predicted octanol–water partition coefficient (Wildman–Crippen LogP) is 2.13. The maximum absolute atomic E-state index is 10.8. The molecule has 0 amide bonds. The molecule has 1 aliphatic heterocycles. The van der Waals surface area contributed by atoms with Crippen LogP contribution in [0.3, 0.4) is 0 Å². The number of aliphatic carboxylic acids is 1. The molecule has 1 aromatic heterocycles. The number of benzene rings is 1. The van der Waals surface area contributed by atoms with Crippen LogP contribution >= 0.6 is 0 Å². The van der Waals surface area contributed by atoms with Crippen LogP contribution in [0.15, 0.2) is 24.3 Å². The van der Waals surface area contributed by atoms with Crippen LogP contribution in [0.25, 0.3) is 11.0 Å². The van der Waals surface area contributed by atoms with E-state index < -0.39 is 5.97 Å². The number of para-hydroxylation sites is 2. The molecule has 1 saturated heterocycles. The fraction of sp³-hybridized carbons (Fsp3) is 0.471. The molecule has 2 unspecified atom stereocenters. The number of morpholine rings is 1. The number of hydrogen-bond donors (Lipinski definition) is 2. The van der Waals surface area contributed by atoms with Crippen LogP contribution < -0.4 is 10.2 Å². The van der Waals surface area contributed by atoms with E-state index in [0.29, 0.717) is 12.4 Å². The van der Waals surface area contributed by atoms with Gasteiger partial charge in [0.25, 0.3) is 0 Å². The van der Waals surface area contributed by atoms with Crippen molar-refractivity contribution in [3.05, 3.63) is 24.3 Å². The maximum atomic E-state index is 10.8. The van der Waals surface area contributed by atoms with Gasteiger partial charge in [-0.15, -0.1) is 0 Å². The van der Waals surface area contributed by atoms with Gasteiger partial charge in [0.1, 0.15) is 0 Å². The third kappa shape index (κ3) is 3.73. The Morgan fingerprint density at radius 2 is 1.88 bits per heavy atom. The molecule has 7 nitrogen and oxygen atoms in total. The quantitative estimate of drug-likeness (QED) is 0.868. The molecule has 2 N–H and O–H groups in total. The molecule has 128 valence electrons. The molecule has 3 rings (SSSR count). The number of hydrogen-bond acceptors (Lipinski definition) is 6. The summed E-state index contributed by atoms with van der Waals surface area (Å²) in [5, 5.41) is 12.0. The van der Waals surface area contributed by atoms with Gasteiger partial charge in [-0.1, -0.05) is 12.1 Å². The minimum Gasteiger partial charge on any atom is -0.481 e. The van der Waals surface area contributed by atoms with Crippen molar-refractivity contribution in [2.45, 2.75) is 32.5 Å². The van der Waals surface area contributed by atoms with Crippen molar-refractivity contribution in [3.8, 4) is 0 Å². The van der Waals surface area contributed by atoms with Crippen molar-refractivity contribution in [2.75, 3.05) is 29.9 Å². The topological polar surface area (TPSA) is 87.6 Å². The van der Waals surface area contributed by atoms with Crippen LogP contribution in [-0.2, 0) is 9.53 Å². The van der Waals surface area contributed by atoms with Crippen molar-refractivity contribution in [2.24, 2.45) is 0 Å². The first-order valence-corrected chi connectivity index (χ1v) is 8.16. The lowest BCUT2D eigenvalue weighted by Crippen LogP contribution is -2.46. The molecule has 1 fully saturated rings. The van der Waals surface area contributed by atoms with E-state index in [1.807, 2.05) is 38.1 Å². The van der Waals surface area contributed by atoms with Gasteiger partial charge in [-0.25, -0.2) is 9.97 Å². The summed E-state index contributed by atoms with van der Waals surface area (Å²) in [6.07, 6.45) is 0.243. The van der Waals surface area contributed by atoms with Crippen molar-refractivity contribution in [1.82, 2.24) is 9.97 Å². The van der Waals surface area contributed by atoms with Gasteiger partial charge in [-0.2, -0.15) is 0 Å². The Morgan fingerprint density at radius 3 is 2.50 bits per heavy atom. The fourth-order valence-corrected chi connectivity index (χ4v) is 2.97. The number of carbonyl (C=O) groups is 1. The lowest BCUT2D eigenvalue weighted by Gasteiger charge is -2.36. The molecule has 0 bridgehead atoms. The van der Waals surface area contributed by atoms with Crippen LogP contribution in [-0.4, -0.2) is 52.9 Å². The second-order valence-electron chi connectivity index (χ2n) is 6.12. The van der Waals surface area contributed by atoms with E-state index in [1.165, 1.54) is 0 Å². The van der Waals surface area contributed by atoms with Gasteiger partial charge in [-0.3, -0.25) is 4.79 Å². The standard InChI is InChI=1S/C17H22N4O3/c1-11-9-21(10-12(2)24-11)17-16(18-8-7-15(22)23)19-13-5-3-4-6-14(13)20-17/h3-6,11-12H,7-10H2,1-2H3,(H,18,19)(H,22,23). The first-order chi connectivity index (χ1) is 11.5. The minimum absolute atomic E-state index is 0.0316. The highest BCUT2D eigenvalue weighted by Crippen LogP contribution is 2.27. The Labute approximate surface area is 140 Å². The zero-order valence-corrected chi connectivity index (χ0v) is 13.9. The first-order valence-electron chi connectivity index (χ1n) is 8.16. The summed E-state index contributed by atoms with van der Waals surface area (Å²) in [7, 11) is 0. The van der Waals surface area contributed by atoms with Crippen molar-refractivity contribution in [3.63, 3.8) is 0 Å². The normalized spacial score (nSPS) is 21.0. The molecule has 0 spiro atoms. The maximum Gasteiger partial charge on any atom is 0.305 e. The van der Waals surface area contributed by atoms with Crippen molar-refractivity contribution in [1.29, 1.82) is 0 Å². The molecule has 24 heavy (non-hydrogen) atoms. The number of ether oxygens (including phenoxy) is 1. The number of anilines is 2. The van der Waals surface area contributed by atoms with Gasteiger partial charge in [0.2, 0.25) is 0 Å². The number of nitrogens with zero attached hydrogens (tertiary/aromatic N) is 3. The molecule has 0 saturated carbocycles. The largest absolute Gasteiger partial charge is 0.481 e. The third-order valence-corrected chi connectivity index (χ3v) is 3.90. The first kappa shape index (κ1) is 16.4. The third-order valence-electron chi connectivity index (χ3n) is 3.90. The van der Waals surface area contributed by atoms with E-state index in [4.69, 9.17) is 14.8 Å². The summed E-state index contributed by atoms with van der Waals surface area (Å²) in [5.41, 5.74) is 1.61.